The molecular weight excluding hydrogens is 380 g/mol. The standard InChI is InChI=1S/C20H25BrN2O2/c1-15-7-6-10-19(16(15)2)22-20(24)14-23(11-12-25-3)13-17-8-4-5-9-18(17)21/h4-10H,11-14H2,1-3H3,(H,22,24). The van der Waals surface area contributed by atoms with E-state index in [4.69, 9.17) is 4.74 Å². The first-order valence-electron chi connectivity index (χ1n) is 8.32. The lowest BCUT2D eigenvalue weighted by Gasteiger charge is -2.22. The fraction of sp³-hybridized carbons (Fsp3) is 0.350. The average Bonchev–Trinajstić information content (AvgIpc) is 2.59. The van der Waals surface area contributed by atoms with E-state index in [1.165, 1.54) is 5.56 Å². The summed E-state index contributed by atoms with van der Waals surface area (Å²) < 4.78 is 6.24. The molecule has 0 unspecified atom stereocenters. The van der Waals surface area contributed by atoms with Crippen LogP contribution in [0.5, 0.6) is 0 Å². The molecule has 0 aromatic heterocycles. The van der Waals surface area contributed by atoms with Gasteiger partial charge in [-0.2, -0.15) is 0 Å². The largest absolute Gasteiger partial charge is 0.383 e. The van der Waals surface area contributed by atoms with E-state index in [0.29, 0.717) is 26.2 Å². The van der Waals surface area contributed by atoms with E-state index in [0.717, 1.165) is 21.3 Å². The molecule has 1 N–H and O–H groups in total. The molecule has 134 valence electrons. The van der Waals surface area contributed by atoms with E-state index in [1.807, 2.05) is 50.2 Å². The second kappa shape index (κ2) is 9.70. The molecule has 0 aliphatic rings. The highest BCUT2D eigenvalue weighted by molar-refractivity contribution is 9.10. The van der Waals surface area contributed by atoms with E-state index in [9.17, 15) is 4.79 Å². The molecule has 0 spiro atoms. The highest BCUT2D eigenvalue weighted by atomic mass is 79.9. The average molecular weight is 405 g/mol. The monoisotopic (exact) mass is 404 g/mol. The van der Waals surface area contributed by atoms with Gasteiger partial charge in [-0.25, -0.2) is 0 Å². The maximum atomic E-state index is 12.5. The fourth-order valence-corrected chi connectivity index (χ4v) is 2.99. The van der Waals surface area contributed by atoms with Crippen molar-refractivity contribution in [2.24, 2.45) is 0 Å². The van der Waals surface area contributed by atoms with Crippen LogP contribution in [0.1, 0.15) is 16.7 Å². The Balaban J connectivity index is 2.04. The molecule has 0 aliphatic carbocycles. The van der Waals surface area contributed by atoms with Crippen LogP contribution in [0.3, 0.4) is 0 Å². The van der Waals surface area contributed by atoms with Crippen molar-refractivity contribution in [1.29, 1.82) is 0 Å². The second-order valence-corrected chi connectivity index (χ2v) is 6.94. The number of nitrogens with one attached hydrogen (secondary N) is 1. The van der Waals surface area contributed by atoms with Crippen LogP contribution < -0.4 is 5.32 Å². The summed E-state index contributed by atoms with van der Waals surface area (Å²) in [6, 6.07) is 14.0. The maximum Gasteiger partial charge on any atom is 0.238 e. The topological polar surface area (TPSA) is 41.6 Å². The zero-order valence-electron chi connectivity index (χ0n) is 15.0. The van der Waals surface area contributed by atoms with E-state index in [-0.39, 0.29) is 5.91 Å². The van der Waals surface area contributed by atoms with Gasteiger partial charge in [0.05, 0.1) is 13.2 Å². The van der Waals surface area contributed by atoms with Crippen molar-refractivity contribution in [3.63, 3.8) is 0 Å². The Hall–Kier alpha value is -1.69. The number of ether oxygens (including phenoxy) is 1. The van der Waals surface area contributed by atoms with Crippen LogP contribution in [0.4, 0.5) is 5.69 Å². The van der Waals surface area contributed by atoms with Crippen LogP contribution in [0.25, 0.3) is 0 Å². The number of carbonyl (C=O) groups excluding carboxylic acids is 1. The number of halogens is 1. The Morgan fingerprint density at radius 1 is 1.16 bits per heavy atom. The Labute approximate surface area is 158 Å². The molecule has 0 saturated carbocycles. The number of hydrogen-bond donors (Lipinski definition) is 1. The summed E-state index contributed by atoms with van der Waals surface area (Å²) in [5.41, 5.74) is 4.29. The van der Waals surface area contributed by atoms with Gasteiger partial charge in [0.25, 0.3) is 0 Å². The van der Waals surface area contributed by atoms with E-state index < -0.39 is 0 Å². The molecular formula is C20H25BrN2O2. The summed E-state index contributed by atoms with van der Waals surface area (Å²) in [5, 5.41) is 3.03. The second-order valence-electron chi connectivity index (χ2n) is 6.09. The van der Waals surface area contributed by atoms with Crippen molar-refractivity contribution in [3.8, 4) is 0 Å². The Morgan fingerprint density at radius 3 is 2.64 bits per heavy atom. The molecule has 0 bridgehead atoms. The summed E-state index contributed by atoms with van der Waals surface area (Å²) in [6.07, 6.45) is 0. The minimum atomic E-state index is -0.0168. The molecule has 0 radical (unpaired) electrons. The number of carbonyl (C=O) groups is 1. The first-order valence-corrected chi connectivity index (χ1v) is 9.11. The summed E-state index contributed by atoms with van der Waals surface area (Å²) in [5.74, 6) is -0.0168. The molecule has 0 heterocycles. The Morgan fingerprint density at radius 2 is 1.92 bits per heavy atom. The Bertz CT molecular complexity index is 719. The number of aryl methyl sites for hydroxylation is 1. The summed E-state index contributed by atoms with van der Waals surface area (Å²) in [6.45, 7) is 6.35. The van der Waals surface area contributed by atoms with Gasteiger partial charge in [-0.05, 0) is 42.7 Å². The first-order chi connectivity index (χ1) is 12.0. The highest BCUT2D eigenvalue weighted by Gasteiger charge is 2.14. The molecule has 0 fully saturated rings. The van der Waals surface area contributed by atoms with Gasteiger partial charge in [0.2, 0.25) is 5.91 Å². The zero-order valence-corrected chi connectivity index (χ0v) is 16.6. The quantitative estimate of drug-likeness (QED) is 0.718. The minimum absolute atomic E-state index is 0.0168. The fourth-order valence-electron chi connectivity index (χ4n) is 2.58. The molecule has 2 rings (SSSR count). The minimum Gasteiger partial charge on any atom is -0.383 e. The number of benzene rings is 2. The zero-order chi connectivity index (χ0) is 18.2. The number of anilines is 1. The van der Waals surface area contributed by atoms with Crippen LogP contribution in [0.15, 0.2) is 46.9 Å². The van der Waals surface area contributed by atoms with Gasteiger partial charge in [0.15, 0.2) is 0 Å². The van der Waals surface area contributed by atoms with E-state index >= 15 is 0 Å². The van der Waals surface area contributed by atoms with E-state index in [1.54, 1.807) is 7.11 Å². The predicted molar refractivity (Wildman–Crippen MR) is 106 cm³/mol. The SMILES string of the molecule is COCCN(CC(=O)Nc1cccc(C)c1C)Cc1ccccc1Br. The third kappa shape index (κ3) is 5.96. The summed E-state index contributed by atoms with van der Waals surface area (Å²) >= 11 is 3.57. The smallest absolute Gasteiger partial charge is 0.238 e. The van der Waals surface area contributed by atoms with Crippen molar-refractivity contribution >= 4 is 27.5 Å². The number of rotatable bonds is 8. The number of amides is 1. The predicted octanol–water partition coefficient (Wildman–Crippen LogP) is 4.15. The van der Waals surface area contributed by atoms with Gasteiger partial charge >= 0.3 is 0 Å². The van der Waals surface area contributed by atoms with Crippen molar-refractivity contribution in [2.45, 2.75) is 20.4 Å². The van der Waals surface area contributed by atoms with Crippen LogP contribution in [-0.4, -0.2) is 37.6 Å². The lowest BCUT2D eigenvalue weighted by molar-refractivity contribution is -0.117. The third-order valence-corrected chi connectivity index (χ3v) is 4.98. The van der Waals surface area contributed by atoms with Crippen molar-refractivity contribution < 1.29 is 9.53 Å². The lowest BCUT2D eigenvalue weighted by Crippen LogP contribution is -2.35. The molecule has 0 atom stereocenters. The summed E-state index contributed by atoms with van der Waals surface area (Å²) in [4.78, 5) is 14.6. The van der Waals surface area contributed by atoms with Gasteiger partial charge in [-0.1, -0.05) is 46.3 Å². The summed E-state index contributed by atoms with van der Waals surface area (Å²) in [7, 11) is 1.67. The van der Waals surface area contributed by atoms with Crippen LogP contribution >= 0.6 is 15.9 Å². The van der Waals surface area contributed by atoms with Gasteiger partial charge in [0.1, 0.15) is 0 Å². The van der Waals surface area contributed by atoms with Crippen molar-refractivity contribution in [2.75, 3.05) is 32.1 Å². The first kappa shape index (κ1) is 19.6. The molecule has 0 aliphatic heterocycles. The van der Waals surface area contributed by atoms with Gasteiger partial charge in [0, 0.05) is 30.4 Å². The molecule has 25 heavy (non-hydrogen) atoms. The van der Waals surface area contributed by atoms with Crippen LogP contribution in [-0.2, 0) is 16.1 Å². The number of methoxy groups -OCH3 is 1. The van der Waals surface area contributed by atoms with Gasteiger partial charge in [-0.3, -0.25) is 9.69 Å². The maximum absolute atomic E-state index is 12.5. The van der Waals surface area contributed by atoms with Crippen LogP contribution in [0.2, 0.25) is 0 Å². The van der Waals surface area contributed by atoms with Gasteiger partial charge in [-0.15, -0.1) is 0 Å². The number of nitrogens with zero attached hydrogens (tertiary/aromatic N) is 1. The molecule has 2 aromatic carbocycles. The third-order valence-electron chi connectivity index (χ3n) is 4.21. The van der Waals surface area contributed by atoms with Crippen molar-refractivity contribution in [3.05, 3.63) is 63.6 Å². The molecule has 0 saturated heterocycles. The Kier molecular flexibility index (Phi) is 7.62. The molecule has 4 nitrogen and oxygen atoms in total. The highest BCUT2D eigenvalue weighted by Crippen LogP contribution is 2.19. The van der Waals surface area contributed by atoms with Gasteiger partial charge < -0.3 is 10.1 Å². The normalized spacial score (nSPS) is 10.9. The molecule has 2 aromatic rings. The number of hydrogen-bond acceptors (Lipinski definition) is 3. The molecule has 5 heteroatoms. The molecule has 1 amide bonds. The lowest BCUT2D eigenvalue weighted by atomic mass is 10.1. The van der Waals surface area contributed by atoms with Crippen molar-refractivity contribution in [1.82, 2.24) is 4.90 Å². The van der Waals surface area contributed by atoms with Crippen LogP contribution in [0, 0.1) is 13.8 Å². The van der Waals surface area contributed by atoms with E-state index in [2.05, 4.69) is 32.2 Å².